The summed E-state index contributed by atoms with van der Waals surface area (Å²) in [7, 11) is 0. The van der Waals surface area contributed by atoms with Crippen molar-refractivity contribution in [1.29, 1.82) is 0 Å². The van der Waals surface area contributed by atoms with Crippen LogP contribution in [0.5, 0.6) is 0 Å². The number of amides is 2. The van der Waals surface area contributed by atoms with Crippen molar-refractivity contribution in [3.63, 3.8) is 0 Å². The minimum Gasteiger partial charge on any atom is -0.396 e. The molecule has 1 aromatic rings. The lowest BCUT2D eigenvalue weighted by Gasteiger charge is -2.15. The van der Waals surface area contributed by atoms with Gasteiger partial charge in [0.05, 0.1) is 45.7 Å². The average Bonchev–Trinajstić information content (AvgIpc) is 3.50. The number of aromatic amines is 1. The molecule has 0 spiro atoms. The summed E-state index contributed by atoms with van der Waals surface area (Å²) in [6, 6.07) is 0. The zero-order chi connectivity index (χ0) is 35.7. The summed E-state index contributed by atoms with van der Waals surface area (Å²) in [5.74, 6) is 4.82. The molecule has 1 aromatic heterocycles. The molecule has 49 heavy (non-hydrogen) atoms. The number of carbonyl (C=O) groups excluding carboxylic acids is 2. The van der Waals surface area contributed by atoms with Gasteiger partial charge in [-0.1, -0.05) is 5.92 Å². The number of unbranched alkanes of at least 4 members (excludes halogenated alkanes) is 2. The number of rotatable bonds is 27. The van der Waals surface area contributed by atoms with Crippen LogP contribution in [0, 0.1) is 11.8 Å². The second-order valence-corrected chi connectivity index (χ2v) is 10.9. The molecular formula is C31H50N4O14. The van der Waals surface area contributed by atoms with Gasteiger partial charge in [0.2, 0.25) is 11.8 Å². The van der Waals surface area contributed by atoms with Gasteiger partial charge in [-0.15, -0.1) is 5.92 Å². The first-order valence-electron chi connectivity index (χ1n) is 16.3. The topological polar surface area (TPSA) is 238 Å². The summed E-state index contributed by atoms with van der Waals surface area (Å²) in [4.78, 5) is 70.5. The van der Waals surface area contributed by atoms with E-state index in [4.69, 9.17) is 38.9 Å². The highest BCUT2D eigenvalue weighted by molar-refractivity contribution is 5.76. The van der Waals surface area contributed by atoms with E-state index >= 15 is 0 Å². The summed E-state index contributed by atoms with van der Waals surface area (Å²) in [5, 5.41) is 33.4. The van der Waals surface area contributed by atoms with E-state index in [2.05, 4.69) is 27.5 Å². The molecule has 1 fully saturated rings. The van der Waals surface area contributed by atoms with Crippen molar-refractivity contribution in [3.8, 4) is 11.8 Å². The Morgan fingerprint density at radius 2 is 1.55 bits per heavy atom. The van der Waals surface area contributed by atoms with Gasteiger partial charge in [0.15, 0.2) is 0 Å². The van der Waals surface area contributed by atoms with Crippen LogP contribution in [0.1, 0.15) is 63.7 Å². The van der Waals surface area contributed by atoms with Crippen LogP contribution in [-0.4, -0.2) is 128 Å². The van der Waals surface area contributed by atoms with Gasteiger partial charge in [-0.3, -0.25) is 23.9 Å². The minimum atomic E-state index is -0.887. The van der Waals surface area contributed by atoms with Crippen molar-refractivity contribution in [2.75, 3.05) is 72.6 Å². The first-order valence-corrected chi connectivity index (χ1v) is 16.3. The highest BCUT2D eigenvalue weighted by Gasteiger charge is 2.38. The molecule has 1 saturated heterocycles. The van der Waals surface area contributed by atoms with Gasteiger partial charge >= 0.3 is 5.69 Å². The summed E-state index contributed by atoms with van der Waals surface area (Å²) in [5.41, 5.74) is -1.14. The highest BCUT2D eigenvalue weighted by Crippen LogP contribution is 2.29. The van der Waals surface area contributed by atoms with E-state index in [-0.39, 0.29) is 89.4 Å². The smallest absolute Gasteiger partial charge is 0.330 e. The van der Waals surface area contributed by atoms with Crippen molar-refractivity contribution in [1.82, 2.24) is 20.2 Å². The second-order valence-electron chi connectivity index (χ2n) is 10.9. The molecule has 4 atom stereocenters. The summed E-state index contributed by atoms with van der Waals surface area (Å²) < 4.78 is 17.7. The van der Waals surface area contributed by atoms with E-state index in [1.807, 2.05) is 0 Å². The van der Waals surface area contributed by atoms with Gasteiger partial charge in [0.25, 0.3) is 5.56 Å². The monoisotopic (exact) mass is 702 g/mol. The van der Waals surface area contributed by atoms with Crippen LogP contribution in [0.15, 0.2) is 15.8 Å². The Hall–Kier alpha value is -3.22. The third-order valence-electron chi connectivity index (χ3n) is 6.93. The summed E-state index contributed by atoms with van der Waals surface area (Å²) >= 11 is 0. The van der Waals surface area contributed by atoms with Gasteiger partial charge in [-0.2, -0.15) is 0 Å². The molecule has 0 radical (unpaired) electrons. The lowest BCUT2D eigenvalue weighted by Crippen LogP contribution is -2.39. The predicted molar refractivity (Wildman–Crippen MR) is 171 cm³/mol. The number of carbonyl (C=O) groups is 2. The number of hydrogen-bond donors (Lipinski definition) is 6. The van der Waals surface area contributed by atoms with Crippen molar-refractivity contribution in [2.45, 2.75) is 76.4 Å². The second kappa shape index (κ2) is 25.7. The minimum absolute atomic E-state index is 0.0357. The summed E-state index contributed by atoms with van der Waals surface area (Å²) in [6.07, 6.45) is 1.26. The van der Waals surface area contributed by atoms with Gasteiger partial charge in [-0.05, 0) is 32.6 Å². The average molecular weight is 703 g/mol. The molecule has 0 bridgehead atoms. The van der Waals surface area contributed by atoms with E-state index in [1.165, 1.54) is 10.8 Å². The van der Waals surface area contributed by atoms with Crippen molar-refractivity contribution in [2.24, 2.45) is 0 Å². The fourth-order valence-electron chi connectivity index (χ4n) is 4.38. The maximum atomic E-state index is 12.3. The molecule has 4 unspecified atom stereocenters. The number of aromatic nitrogens is 2. The molecule has 18 nitrogen and oxygen atoms in total. The maximum absolute atomic E-state index is 12.3. The standard InChI is InChI=1S/C31H50N4O14/c1-2-7-23-21-35(31(42)34-30(23)41)29-18-25(26(22-37)48-29)49-47-17-15-44-13-12-43-14-16-46-45-11-6-4-9-28(40)33-20-24(38)19-32-27(39)8-3-5-10-36/h21,24-26,29,36-38H,3-6,8-20,22H2,1H3,(H,32,39)(H,33,40)(H,34,41,42). The Morgan fingerprint density at radius 1 is 0.939 bits per heavy atom. The molecule has 2 heterocycles. The molecule has 278 valence electrons. The molecule has 18 heteroatoms. The van der Waals surface area contributed by atoms with Crippen LogP contribution in [-0.2, 0) is 43.3 Å². The molecule has 1 aliphatic rings. The molecule has 0 aliphatic carbocycles. The number of aliphatic hydroxyl groups is 3. The highest BCUT2D eigenvalue weighted by atomic mass is 17.2. The Labute approximate surface area is 284 Å². The SMILES string of the molecule is CC#Cc1cn(C2CC(OOCCOCCOCCOOCCCCC(=O)NCC(O)CNC(=O)CCCCO)C(CO)O2)c(=O)[nH]c1=O. The van der Waals surface area contributed by atoms with Crippen LogP contribution < -0.4 is 21.9 Å². The quantitative estimate of drug-likeness (QED) is 0.0263. The van der Waals surface area contributed by atoms with Gasteiger partial charge in [0.1, 0.15) is 37.2 Å². The zero-order valence-corrected chi connectivity index (χ0v) is 27.9. The van der Waals surface area contributed by atoms with Crippen molar-refractivity contribution < 1.29 is 58.7 Å². The fourth-order valence-corrected chi connectivity index (χ4v) is 4.38. The molecule has 1 aliphatic heterocycles. The van der Waals surface area contributed by atoms with E-state index in [1.54, 1.807) is 6.92 Å². The van der Waals surface area contributed by atoms with E-state index in [0.717, 1.165) is 0 Å². The molecule has 2 amide bonds. The van der Waals surface area contributed by atoms with Crippen molar-refractivity contribution in [3.05, 3.63) is 32.6 Å². The Morgan fingerprint density at radius 3 is 2.18 bits per heavy atom. The van der Waals surface area contributed by atoms with E-state index < -0.39 is 35.8 Å². The largest absolute Gasteiger partial charge is 0.396 e. The number of aliphatic hydroxyl groups excluding tert-OH is 3. The maximum Gasteiger partial charge on any atom is 0.330 e. The molecule has 0 aromatic carbocycles. The zero-order valence-electron chi connectivity index (χ0n) is 27.9. The fraction of sp³-hybridized carbons (Fsp3) is 0.742. The lowest BCUT2D eigenvalue weighted by atomic mass is 10.2. The molecule has 2 rings (SSSR count). The number of hydrogen-bond acceptors (Lipinski definition) is 14. The van der Waals surface area contributed by atoms with E-state index in [0.29, 0.717) is 45.5 Å². The van der Waals surface area contributed by atoms with Crippen molar-refractivity contribution >= 4 is 11.8 Å². The third-order valence-corrected chi connectivity index (χ3v) is 6.93. The Balaban J connectivity index is 1.40. The normalized spacial score (nSPS) is 17.8. The number of H-pyrrole nitrogens is 1. The number of nitrogens with zero attached hydrogens (tertiary/aromatic N) is 1. The van der Waals surface area contributed by atoms with Crippen LogP contribution in [0.25, 0.3) is 0 Å². The predicted octanol–water partition coefficient (Wildman–Crippen LogP) is -1.59. The summed E-state index contributed by atoms with van der Waals surface area (Å²) in [6.45, 7) is 3.05. The van der Waals surface area contributed by atoms with Crippen LogP contribution in [0.3, 0.4) is 0 Å². The first kappa shape index (κ1) is 41.9. The van der Waals surface area contributed by atoms with Gasteiger partial charge in [-0.25, -0.2) is 24.3 Å². The van der Waals surface area contributed by atoms with Gasteiger partial charge in [0, 0.05) is 45.2 Å². The van der Waals surface area contributed by atoms with Gasteiger partial charge < -0.3 is 40.2 Å². The number of ether oxygens (including phenoxy) is 3. The van der Waals surface area contributed by atoms with Crippen LogP contribution in [0.4, 0.5) is 0 Å². The third kappa shape index (κ3) is 17.8. The Kier molecular flexibility index (Phi) is 22.0. The van der Waals surface area contributed by atoms with Crippen LogP contribution in [0.2, 0.25) is 0 Å². The first-order chi connectivity index (χ1) is 23.8. The Bertz CT molecular complexity index is 1260. The molecule has 0 saturated carbocycles. The molecule has 6 N–H and O–H groups in total. The molecular weight excluding hydrogens is 652 g/mol. The van der Waals surface area contributed by atoms with E-state index in [9.17, 15) is 29.4 Å². The number of nitrogens with one attached hydrogen (secondary N) is 3. The lowest BCUT2D eigenvalue weighted by molar-refractivity contribution is -0.334. The van der Waals surface area contributed by atoms with Crippen LogP contribution >= 0.6 is 0 Å².